The molecule has 96 valence electrons. The standard InChI is InChI=1S/C15H25NO/c1-4-6-11-16-12-14-7-9-15(10-8-14)17-13(3)5-2/h7-10,13,16H,4-6,11-12H2,1-3H3/t13-/m0/s1. The van der Waals surface area contributed by atoms with Gasteiger partial charge in [0.05, 0.1) is 6.10 Å². The number of rotatable bonds is 8. The maximum Gasteiger partial charge on any atom is 0.119 e. The van der Waals surface area contributed by atoms with E-state index in [1.54, 1.807) is 0 Å². The molecule has 0 aliphatic rings. The molecule has 0 saturated carbocycles. The summed E-state index contributed by atoms with van der Waals surface area (Å²) in [6, 6.07) is 8.39. The third-order valence-electron chi connectivity index (χ3n) is 2.87. The zero-order chi connectivity index (χ0) is 12.5. The zero-order valence-electron chi connectivity index (χ0n) is 11.3. The van der Waals surface area contributed by atoms with Crippen LogP contribution < -0.4 is 10.1 Å². The average molecular weight is 235 g/mol. The largest absolute Gasteiger partial charge is 0.491 e. The Kier molecular flexibility index (Phi) is 6.71. The highest BCUT2D eigenvalue weighted by Crippen LogP contribution is 2.14. The fourth-order valence-electron chi connectivity index (χ4n) is 1.54. The van der Waals surface area contributed by atoms with Gasteiger partial charge in [-0.15, -0.1) is 0 Å². The molecular formula is C15H25NO. The molecule has 1 aromatic rings. The fourth-order valence-corrected chi connectivity index (χ4v) is 1.54. The van der Waals surface area contributed by atoms with Crippen molar-refractivity contribution in [2.24, 2.45) is 0 Å². The van der Waals surface area contributed by atoms with Crippen molar-refractivity contribution < 1.29 is 4.74 Å². The second kappa shape index (κ2) is 8.13. The van der Waals surface area contributed by atoms with E-state index in [1.165, 1.54) is 18.4 Å². The number of unbranched alkanes of at least 4 members (excludes halogenated alkanes) is 1. The number of hydrogen-bond acceptors (Lipinski definition) is 2. The van der Waals surface area contributed by atoms with Crippen molar-refractivity contribution in [3.8, 4) is 5.75 Å². The van der Waals surface area contributed by atoms with Crippen molar-refractivity contribution in [1.29, 1.82) is 0 Å². The Hall–Kier alpha value is -1.02. The molecular weight excluding hydrogens is 210 g/mol. The van der Waals surface area contributed by atoms with Gasteiger partial charge in [-0.05, 0) is 44.0 Å². The predicted octanol–water partition coefficient (Wildman–Crippen LogP) is 3.75. The molecule has 0 heterocycles. The van der Waals surface area contributed by atoms with E-state index in [9.17, 15) is 0 Å². The summed E-state index contributed by atoms with van der Waals surface area (Å²) in [5.74, 6) is 0.969. The summed E-state index contributed by atoms with van der Waals surface area (Å²) in [5, 5.41) is 3.43. The molecule has 0 aliphatic heterocycles. The fraction of sp³-hybridized carbons (Fsp3) is 0.600. The monoisotopic (exact) mass is 235 g/mol. The topological polar surface area (TPSA) is 21.3 Å². The molecule has 0 radical (unpaired) electrons. The molecule has 0 aromatic heterocycles. The first-order chi connectivity index (χ1) is 8.26. The third kappa shape index (κ3) is 5.73. The van der Waals surface area contributed by atoms with Crippen molar-refractivity contribution in [3.63, 3.8) is 0 Å². The second-order valence-electron chi connectivity index (χ2n) is 4.51. The van der Waals surface area contributed by atoms with Gasteiger partial charge >= 0.3 is 0 Å². The van der Waals surface area contributed by atoms with Gasteiger partial charge in [-0.1, -0.05) is 32.4 Å². The van der Waals surface area contributed by atoms with Gasteiger partial charge in [-0.3, -0.25) is 0 Å². The van der Waals surface area contributed by atoms with Crippen molar-refractivity contribution >= 4 is 0 Å². The van der Waals surface area contributed by atoms with Gasteiger partial charge in [0.2, 0.25) is 0 Å². The summed E-state index contributed by atoms with van der Waals surface area (Å²) >= 11 is 0. The lowest BCUT2D eigenvalue weighted by atomic mass is 10.2. The van der Waals surface area contributed by atoms with Gasteiger partial charge in [0, 0.05) is 6.54 Å². The van der Waals surface area contributed by atoms with E-state index in [0.717, 1.165) is 25.3 Å². The lowest BCUT2D eigenvalue weighted by molar-refractivity contribution is 0.217. The lowest BCUT2D eigenvalue weighted by Gasteiger charge is -2.12. The Balaban J connectivity index is 2.34. The number of ether oxygens (including phenoxy) is 1. The molecule has 2 heteroatoms. The Bertz CT molecular complexity index is 294. The minimum Gasteiger partial charge on any atom is -0.491 e. The number of benzene rings is 1. The van der Waals surface area contributed by atoms with Crippen molar-refractivity contribution in [1.82, 2.24) is 5.32 Å². The first kappa shape index (κ1) is 14.0. The van der Waals surface area contributed by atoms with E-state index in [2.05, 4.69) is 50.4 Å². The molecule has 0 fully saturated rings. The van der Waals surface area contributed by atoms with Crippen molar-refractivity contribution in [2.75, 3.05) is 6.54 Å². The van der Waals surface area contributed by atoms with Crippen molar-refractivity contribution in [3.05, 3.63) is 29.8 Å². The van der Waals surface area contributed by atoms with Crippen LogP contribution in [-0.4, -0.2) is 12.6 Å². The SMILES string of the molecule is CCCCNCc1ccc(O[C@@H](C)CC)cc1. The summed E-state index contributed by atoms with van der Waals surface area (Å²) in [6.45, 7) is 8.49. The summed E-state index contributed by atoms with van der Waals surface area (Å²) in [5.41, 5.74) is 1.32. The van der Waals surface area contributed by atoms with Gasteiger partial charge in [0.1, 0.15) is 5.75 Å². The Morgan fingerprint density at radius 2 is 1.88 bits per heavy atom. The highest BCUT2D eigenvalue weighted by atomic mass is 16.5. The highest BCUT2D eigenvalue weighted by Gasteiger charge is 2.00. The van der Waals surface area contributed by atoms with Crippen LogP contribution in [-0.2, 0) is 6.54 Å². The van der Waals surface area contributed by atoms with Crippen LogP contribution in [0.15, 0.2) is 24.3 Å². The van der Waals surface area contributed by atoms with Gasteiger partial charge in [-0.2, -0.15) is 0 Å². The molecule has 1 aromatic carbocycles. The molecule has 1 rings (SSSR count). The summed E-state index contributed by atoms with van der Waals surface area (Å²) in [6.07, 6.45) is 3.83. The zero-order valence-corrected chi connectivity index (χ0v) is 11.3. The predicted molar refractivity (Wildman–Crippen MR) is 73.4 cm³/mol. The third-order valence-corrected chi connectivity index (χ3v) is 2.87. The van der Waals surface area contributed by atoms with Gasteiger partial charge in [-0.25, -0.2) is 0 Å². The average Bonchev–Trinajstić information content (AvgIpc) is 2.36. The molecule has 2 nitrogen and oxygen atoms in total. The van der Waals surface area contributed by atoms with Crippen LogP contribution >= 0.6 is 0 Å². The Labute approximate surface area is 105 Å². The Morgan fingerprint density at radius 1 is 1.18 bits per heavy atom. The van der Waals surface area contributed by atoms with E-state index >= 15 is 0 Å². The first-order valence-electron chi connectivity index (χ1n) is 6.72. The minimum atomic E-state index is 0.295. The van der Waals surface area contributed by atoms with Crippen LogP contribution in [0.25, 0.3) is 0 Å². The van der Waals surface area contributed by atoms with E-state index in [-0.39, 0.29) is 0 Å². The van der Waals surface area contributed by atoms with E-state index in [4.69, 9.17) is 4.74 Å². The molecule has 1 N–H and O–H groups in total. The number of nitrogens with one attached hydrogen (secondary N) is 1. The molecule has 0 amide bonds. The smallest absolute Gasteiger partial charge is 0.119 e. The van der Waals surface area contributed by atoms with Gasteiger partial charge in [0.25, 0.3) is 0 Å². The molecule has 0 bridgehead atoms. The Morgan fingerprint density at radius 3 is 2.47 bits per heavy atom. The minimum absolute atomic E-state index is 0.295. The summed E-state index contributed by atoms with van der Waals surface area (Å²) in [7, 11) is 0. The number of hydrogen-bond donors (Lipinski definition) is 1. The van der Waals surface area contributed by atoms with Crippen LogP contribution in [0.4, 0.5) is 0 Å². The molecule has 0 aliphatic carbocycles. The van der Waals surface area contributed by atoms with Gasteiger partial charge < -0.3 is 10.1 Å². The molecule has 0 spiro atoms. The molecule has 0 unspecified atom stereocenters. The normalized spacial score (nSPS) is 12.4. The van der Waals surface area contributed by atoms with Crippen LogP contribution in [0, 0.1) is 0 Å². The quantitative estimate of drug-likeness (QED) is 0.693. The van der Waals surface area contributed by atoms with Crippen LogP contribution in [0.5, 0.6) is 5.75 Å². The van der Waals surface area contributed by atoms with Gasteiger partial charge in [0.15, 0.2) is 0 Å². The maximum absolute atomic E-state index is 5.74. The molecule has 0 saturated heterocycles. The first-order valence-corrected chi connectivity index (χ1v) is 6.72. The summed E-state index contributed by atoms with van der Waals surface area (Å²) < 4.78 is 5.74. The molecule has 1 atom stereocenters. The van der Waals surface area contributed by atoms with Crippen molar-refractivity contribution in [2.45, 2.75) is 52.7 Å². The summed E-state index contributed by atoms with van der Waals surface area (Å²) in [4.78, 5) is 0. The van der Waals surface area contributed by atoms with E-state index < -0.39 is 0 Å². The van der Waals surface area contributed by atoms with Crippen LogP contribution in [0.3, 0.4) is 0 Å². The van der Waals surface area contributed by atoms with Crippen LogP contribution in [0.1, 0.15) is 45.6 Å². The van der Waals surface area contributed by atoms with E-state index in [1.807, 2.05) is 0 Å². The van der Waals surface area contributed by atoms with Crippen LogP contribution in [0.2, 0.25) is 0 Å². The van der Waals surface area contributed by atoms with E-state index in [0.29, 0.717) is 6.10 Å². The molecule has 17 heavy (non-hydrogen) atoms. The highest BCUT2D eigenvalue weighted by molar-refractivity contribution is 5.27. The maximum atomic E-state index is 5.74. The second-order valence-corrected chi connectivity index (χ2v) is 4.51. The lowest BCUT2D eigenvalue weighted by Crippen LogP contribution is -2.14.